The molecule has 0 radical (unpaired) electrons. The molecule has 2 rings (SSSR count). The van der Waals surface area contributed by atoms with Crippen LogP contribution in [-0.4, -0.2) is 25.1 Å². The van der Waals surface area contributed by atoms with E-state index >= 15 is 0 Å². The topological polar surface area (TPSA) is 64.6 Å². The maximum Gasteiger partial charge on any atom is 0.306 e. The van der Waals surface area contributed by atoms with Crippen LogP contribution >= 0.6 is 46.4 Å². The van der Waals surface area contributed by atoms with E-state index in [1.54, 1.807) is 36.4 Å². The number of hydrogen-bond acceptors (Lipinski definition) is 4. The van der Waals surface area contributed by atoms with Gasteiger partial charge in [-0.2, -0.15) is 0 Å². The smallest absolute Gasteiger partial charge is 0.306 e. The van der Waals surface area contributed by atoms with Crippen LogP contribution in [0.25, 0.3) is 0 Å². The molecular weight excluding hydrogens is 436 g/mol. The van der Waals surface area contributed by atoms with Crippen LogP contribution in [0.5, 0.6) is 5.75 Å². The van der Waals surface area contributed by atoms with Gasteiger partial charge >= 0.3 is 5.97 Å². The Kier molecular flexibility index (Phi) is 8.51. The summed E-state index contributed by atoms with van der Waals surface area (Å²) in [5.41, 5.74) is 0.273. The number of esters is 1. The predicted molar refractivity (Wildman–Crippen MR) is 107 cm³/mol. The SMILES string of the molecule is O=C(COC(=O)CCCOc1ccc(Cl)cc1Cl)Nc1c(Cl)cccc1Cl. The fraction of sp³-hybridized carbons (Fsp3) is 0.222. The van der Waals surface area contributed by atoms with Gasteiger partial charge in [-0.15, -0.1) is 0 Å². The van der Waals surface area contributed by atoms with E-state index in [-0.39, 0.29) is 18.7 Å². The Morgan fingerprint density at radius 1 is 0.963 bits per heavy atom. The van der Waals surface area contributed by atoms with Crippen molar-refractivity contribution in [2.75, 3.05) is 18.5 Å². The lowest BCUT2D eigenvalue weighted by molar-refractivity contribution is -0.147. The standard InChI is InChI=1S/C18H15Cl4NO4/c19-11-6-7-15(14(22)9-11)26-8-2-5-17(25)27-10-16(24)23-18-12(20)3-1-4-13(18)21/h1,3-4,6-7,9H,2,5,8,10H2,(H,23,24). The molecule has 9 heteroatoms. The van der Waals surface area contributed by atoms with Crippen molar-refractivity contribution in [2.45, 2.75) is 12.8 Å². The highest BCUT2D eigenvalue weighted by Gasteiger charge is 2.12. The molecule has 0 aliphatic heterocycles. The van der Waals surface area contributed by atoms with Crippen LogP contribution in [-0.2, 0) is 14.3 Å². The van der Waals surface area contributed by atoms with Gasteiger partial charge in [-0.25, -0.2) is 0 Å². The van der Waals surface area contributed by atoms with Crippen LogP contribution in [0.15, 0.2) is 36.4 Å². The normalized spacial score (nSPS) is 10.4. The molecule has 0 spiro atoms. The summed E-state index contributed by atoms with van der Waals surface area (Å²) in [6.07, 6.45) is 0.487. The second-order valence-electron chi connectivity index (χ2n) is 5.33. The molecule has 0 aliphatic carbocycles. The molecule has 144 valence electrons. The van der Waals surface area contributed by atoms with E-state index in [2.05, 4.69) is 5.32 Å². The molecule has 0 unspecified atom stereocenters. The molecule has 0 heterocycles. The van der Waals surface area contributed by atoms with Crippen molar-refractivity contribution in [3.63, 3.8) is 0 Å². The summed E-state index contributed by atoms with van der Waals surface area (Å²) in [5.74, 6) is -0.589. The number of nitrogens with one attached hydrogen (secondary N) is 1. The second kappa shape index (κ2) is 10.6. The Bertz CT molecular complexity index is 809. The number of rotatable bonds is 8. The summed E-state index contributed by atoms with van der Waals surface area (Å²) in [6, 6.07) is 9.69. The Balaban J connectivity index is 1.68. The summed E-state index contributed by atoms with van der Waals surface area (Å²) in [4.78, 5) is 23.5. The molecule has 1 amide bonds. The first-order valence-electron chi connectivity index (χ1n) is 7.84. The minimum absolute atomic E-state index is 0.0886. The zero-order valence-electron chi connectivity index (χ0n) is 13.9. The number of carbonyl (C=O) groups is 2. The van der Waals surface area contributed by atoms with Gasteiger partial charge in [0.1, 0.15) is 5.75 Å². The highest BCUT2D eigenvalue weighted by atomic mass is 35.5. The van der Waals surface area contributed by atoms with E-state index < -0.39 is 18.5 Å². The van der Waals surface area contributed by atoms with Crippen LogP contribution in [0.4, 0.5) is 5.69 Å². The van der Waals surface area contributed by atoms with E-state index in [1.165, 1.54) is 0 Å². The van der Waals surface area contributed by atoms with Crippen LogP contribution in [0.2, 0.25) is 20.1 Å². The Morgan fingerprint density at radius 3 is 2.33 bits per heavy atom. The molecule has 27 heavy (non-hydrogen) atoms. The van der Waals surface area contributed by atoms with Gasteiger partial charge in [0.15, 0.2) is 6.61 Å². The maximum atomic E-state index is 11.8. The van der Waals surface area contributed by atoms with Crippen molar-refractivity contribution in [1.82, 2.24) is 0 Å². The highest BCUT2D eigenvalue weighted by molar-refractivity contribution is 6.39. The molecular formula is C18H15Cl4NO4. The van der Waals surface area contributed by atoms with Crippen molar-refractivity contribution in [2.24, 2.45) is 0 Å². The third kappa shape index (κ3) is 7.11. The van der Waals surface area contributed by atoms with E-state index in [4.69, 9.17) is 55.9 Å². The molecule has 5 nitrogen and oxygen atoms in total. The third-order valence-electron chi connectivity index (χ3n) is 3.27. The van der Waals surface area contributed by atoms with Gasteiger partial charge in [0.05, 0.1) is 27.4 Å². The number of carbonyl (C=O) groups excluding carboxylic acids is 2. The number of benzene rings is 2. The lowest BCUT2D eigenvalue weighted by Gasteiger charge is -2.10. The van der Waals surface area contributed by atoms with Crippen LogP contribution in [0.1, 0.15) is 12.8 Å². The van der Waals surface area contributed by atoms with Gasteiger partial charge in [-0.3, -0.25) is 9.59 Å². The number of halogens is 4. The Labute approximate surface area is 176 Å². The largest absolute Gasteiger partial charge is 0.492 e. The fourth-order valence-corrected chi connectivity index (χ4v) is 2.96. The minimum atomic E-state index is -0.539. The maximum absolute atomic E-state index is 11.8. The zero-order chi connectivity index (χ0) is 19.8. The first kappa shape index (κ1) is 21.6. The van der Waals surface area contributed by atoms with Crippen LogP contribution in [0.3, 0.4) is 0 Å². The van der Waals surface area contributed by atoms with Gasteiger partial charge in [-0.05, 0) is 36.8 Å². The molecule has 0 aromatic heterocycles. The Morgan fingerprint density at radius 2 is 1.67 bits per heavy atom. The third-order valence-corrected chi connectivity index (χ3v) is 4.43. The van der Waals surface area contributed by atoms with Gasteiger partial charge in [0, 0.05) is 11.4 Å². The molecule has 0 fully saturated rings. The number of amides is 1. The molecule has 1 N–H and O–H groups in total. The molecule has 0 saturated heterocycles. The molecule has 2 aromatic carbocycles. The molecule has 0 aliphatic rings. The Hall–Kier alpha value is -1.66. The molecule has 2 aromatic rings. The fourth-order valence-electron chi connectivity index (χ4n) is 2.00. The van der Waals surface area contributed by atoms with Gasteiger partial charge < -0.3 is 14.8 Å². The number of anilines is 1. The number of ether oxygens (including phenoxy) is 2. The first-order chi connectivity index (χ1) is 12.9. The quantitative estimate of drug-likeness (QED) is 0.417. The highest BCUT2D eigenvalue weighted by Crippen LogP contribution is 2.29. The van der Waals surface area contributed by atoms with E-state index in [9.17, 15) is 9.59 Å². The molecule has 0 atom stereocenters. The average molecular weight is 451 g/mol. The van der Waals surface area contributed by atoms with Gasteiger partial charge in [0.25, 0.3) is 5.91 Å². The number of para-hydroxylation sites is 1. The summed E-state index contributed by atoms with van der Waals surface area (Å²) >= 11 is 23.7. The van der Waals surface area contributed by atoms with Crippen molar-refractivity contribution in [3.8, 4) is 5.75 Å². The van der Waals surface area contributed by atoms with Gasteiger partial charge in [-0.1, -0.05) is 52.5 Å². The van der Waals surface area contributed by atoms with E-state index in [0.717, 1.165) is 0 Å². The van der Waals surface area contributed by atoms with Gasteiger partial charge in [0.2, 0.25) is 0 Å². The lowest BCUT2D eigenvalue weighted by atomic mass is 10.3. The van der Waals surface area contributed by atoms with Crippen molar-refractivity contribution < 1.29 is 19.1 Å². The van der Waals surface area contributed by atoms with Crippen LogP contribution < -0.4 is 10.1 Å². The number of hydrogen-bond donors (Lipinski definition) is 1. The molecule has 0 bridgehead atoms. The van der Waals surface area contributed by atoms with Crippen LogP contribution in [0, 0.1) is 0 Å². The predicted octanol–water partition coefficient (Wildman–Crippen LogP) is 5.64. The monoisotopic (exact) mass is 449 g/mol. The summed E-state index contributed by atoms with van der Waals surface area (Å²) < 4.78 is 10.4. The average Bonchev–Trinajstić information content (AvgIpc) is 2.61. The summed E-state index contributed by atoms with van der Waals surface area (Å²) in [5, 5.41) is 3.98. The van der Waals surface area contributed by atoms with E-state index in [1.807, 2.05) is 0 Å². The van der Waals surface area contributed by atoms with E-state index in [0.29, 0.717) is 32.3 Å². The van der Waals surface area contributed by atoms with Crippen molar-refractivity contribution >= 4 is 64.0 Å². The summed E-state index contributed by atoms with van der Waals surface area (Å²) in [6.45, 7) is -0.178. The lowest BCUT2D eigenvalue weighted by Crippen LogP contribution is -2.21. The minimum Gasteiger partial charge on any atom is -0.492 e. The zero-order valence-corrected chi connectivity index (χ0v) is 17.0. The first-order valence-corrected chi connectivity index (χ1v) is 9.35. The molecule has 0 saturated carbocycles. The second-order valence-corrected chi connectivity index (χ2v) is 6.99. The summed E-state index contributed by atoms with van der Waals surface area (Å²) in [7, 11) is 0. The van der Waals surface area contributed by atoms with Crippen molar-refractivity contribution in [3.05, 3.63) is 56.5 Å². The van der Waals surface area contributed by atoms with Crippen molar-refractivity contribution in [1.29, 1.82) is 0 Å².